The number of methoxy groups -OCH3 is 1. The van der Waals surface area contributed by atoms with Crippen molar-refractivity contribution in [1.29, 1.82) is 0 Å². The molecule has 1 atom stereocenters. The summed E-state index contributed by atoms with van der Waals surface area (Å²) in [5, 5.41) is 3.07. The molecule has 2 aromatic carbocycles. The van der Waals surface area contributed by atoms with Crippen LogP contribution in [0.1, 0.15) is 37.4 Å². The normalized spacial score (nSPS) is 17.4. The fourth-order valence-electron chi connectivity index (χ4n) is 3.18. The number of ether oxygens (including phenoxy) is 3. The molecular formula is C21H24BrNO4. The zero-order valence-corrected chi connectivity index (χ0v) is 17.6. The van der Waals surface area contributed by atoms with Gasteiger partial charge < -0.3 is 19.5 Å². The van der Waals surface area contributed by atoms with Gasteiger partial charge in [-0.15, -0.1) is 0 Å². The van der Waals surface area contributed by atoms with E-state index in [1.54, 1.807) is 7.11 Å². The molecule has 27 heavy (non-hydrogen) atoms. The summed E-state index contributed by atoms with van der Waals surface area (Å²) in [6, 6.07) is 11.2. The summed E-state index contributed by atoms with van der Waals surface area (Å²) >= 11 is 3.46. The summed E-state index contributed by atoms with van der Waals surface area (Å²) in [6.07, 6.45) is 0.676. The molecule has 0 saturated carbocycles. The van der Waals surface area contributed by atoms with Gasteiger partial charge in [0.25, 0.3) is 5.91 Å². The fourth-order valence-corrected chi connectivity index (χ4v) is 3.43. The molecule has 0 saturated heterocycles. The van der Waals surface area contributed by atoms with Crippen molar-refractivity contribution in [2.45, 2.75) is 38.8 Å². The molecule has 0 spiro atoms. The van der Waals surface area contributed by atoms with Crippen molar-refractivity contribution in [2.24, 2.45) is 0 Å². The van der Waals surface area contributed by atoms with Gasteiger partial charge in [-0.1, -0.05) is 15.9 Å². The quantitative estimate of drug-likeness (QED) is 0.750. The Kier molecular flexibility index (Phi) is 5.65. The number of carbonyl (C=O) groups is 1. The Bertz CT molecular complexity index is 850. The summed E-state index contributed by atoms with van der Waals surface area (Å²) in [5.74, 6) is 1.97. The van der Waals surface area contributed by atoms with E-state index >= 15 is 0 Å². The summed E-state index contributed by atoms with van der Waals surface area (Å²) in [6.45, 7) is 5.96. The average Bonchev–Trinajstić information content (AvgIpc) is 2.61. The van der Waals surface area contributed by atoms with Gasteiger partial charge >= 0.3 is 0 Å². The molecule has 1 heterocycles. The van der Waals surface area contributed by atoms with Crippen molar-refractivity contribution in [1.82, 2.24) is 5.32 Å². The topological polar surface area (TPSA) is 56.8 Å². The van der Waals surface area contributed by atoms with E-state index in [4.69, 9.17) is 14.2 Å². The van der Waals surface area contributed by atoms with Gasteiger partial charge in [-0.05, 0) is 56.7 Å². The molecule has 1 amide bonds. The predicted molar refractivity (Wildman–Crippen MR) is 108 cm³/mol. The second-order valence-electron chi connectivity index (χ2n) is 7.29. The van der Waals surface area contributed by atoms with E-state index in [-0.39, 0.29) is 24.2 Å². The maximum absolute atomic E-state index is 12.5. The first kappa shape index (κ1) is 19.5. The van der Waals surface area contributed by atoms with Gasteiger partial charge in [-0.3, -0.25) is 4.79 Å². The zero-order valence-electron chi connectivity index (χ0n) is 16.0. The third-order valence-electron chi connectivity index (χ3n) is 4.51. The van der Waals surface area contributed by atoms with E-state index in [0.29, 0.717) is 12.2 Å². The van der Waals surface area contributed by atoms with Crippen molar-refractivity contribution < 1.29 is 19.0 Å². The van der Waals surface area contributed by atoms with Gasteiger partial charge in [-0.2, -0.15) is 0 Å². The Hall–Kier alpha value is -2.21. The maximum Gasteiger partial charge on any atom is 0.258 e. The van der Waals surface area contributed by atoms with Crippen molar-refractivity contribution in [3.8, 4) is 17.2 Å². The van der Waals surface area contributed by atoms with Crippen LogP contribution < -0.4 is 19.5 Å². The molecule has 0 fully saturated rings. The van der Waals surface area contributed by atoms with E-state index in [2.05, 4.69) is 21.2 Å². The van der Waals surface area contributed by atoms with E-state index in [1.165, 1.54) is 0 Å². The van der Waals surface area contributed by atoms with Gasteiger partial charge in [0.05, 0.1) is 13.2 Å². The van der Waals surface area contributed by atoms with Gasteiger partial charge in [0.1, 0.15) is 22.8 Å². The number of amides is 1. The standard InChI is InChI=1S/C21H24BrNO4/c1-13-9-15(6-8-17(13)22)26-12-20(24)23-18-11-21(2,3)27-19-10-14(25-4)5-7-16(18)19/h5-10,18H,11-12H2,1-4H3,(H,23,24)/t18-/m0/s1. The molecule has 144 valence electrons. The molecule has 3 rings (SSSR count). The van der Waals surface area contributed by atoms with Crippen LogP contribution in [-0.4, -0.2) is 25.2 Å². The van der Waals surface area contributed by atoms with Crippen LogP contribution in [0.3, 0.4) is 0 Å². The fraction of sp³-hybridized carbons (Fsp3) is 0.381. The van der Waals surface area contributed by atoms with Gasteiger partial charge in [0, 0.05) is 22.5 Å². The molecule has 5 nitrogen and oxygen atoms in total. The van der Waals surface area contributed by atoms with Crippen LogP contribution >= 0.6 is 15.9 Å². The number of nitrogens with one attached hydrogen (secondary N) is 1. The molecule has 2 aromatic rings. The third kappa shape index (κ3) is 4.75. The highest BCUT2D eigenvalue weighted by Gasteiger charge is 2.34. The van der Waals surface area contributed by atoms with Gasteiger partial charge in [0.2, 0.25) is 0 Å². The van der Waals surface area contributed by atoms with Crippen LogP contribution in [0.2, 0.25) is 0 Å². The van der Waals surface area contributed by atoms with Crippen LogP contribution in [0.15, 0.2) is 40.9 Å². The van der Waals surface area contributed by atoms with Crippen LogP contribution in [0.4, 0.5) is 0 Å². The SMILES string of the molecule is COc1ccc2c(c1)OC(C)(C)C[C@@H]2NC(=O)COc1ccc(Br)c(C)c1. The van der Waals surface area contributed by atoms with Crippen LogP contribution in [0.5, 0.6) is 17.2 Å². The lowest BCUT2D eigenvalue weighted by Gasteiger charge is -2.38. The first-order valence-corrected chi connectivity index (χ1v) is 9.62. The number of fused-ring (bicyclic) bond motifs is 1. The molecule has 0 unspecified atom stereocenters. The van der Waals surface area contributed by atoms with Gasteiger partial charge in [-0.25, -0.2) is 0 Å². The first-order chi connectivity index (χ1) is 12.8. The molecule has 0 bridgehead atoms. The van der Waals surface area contributed by atoms with Crippen molar-refractivity contribution >= 4 is 21.8 Å². The minimum absolute atomic E-state index is 0.0374. The first-order valence-electron chi connectivity index (χ1n) is 8.83. The van der Waals surface area contributed by atoms with E-state index in [9.17, 15) is 4.79 Å². The van der Waals surface area contributed by atoms with Crippen molar-refractivity contribution in [3.05, 3.63) is 52.0 Å². The molecular weight excluding hydrogens is 410 g/mol. The number of halogens is 1. The highest BCUT2D eigenvalue weighted by molar-refractivity contribution is 9.10. The maximum atomic E-state index is 12.5. The summed E-state index contributed by atoms with van der Waals surface area (Å²) in [5.41, 5.74) is 1.62. The molecule has 1 aliphatic rings. The summed E-state index contributed by atoms with van der Waals surface area (Å²) in [7, 11) is 1.62. The smallest absolute Gasteiger partial charge is 0.258 e. The van der Waals surface area contributed by atoms with E-state index in [1.807, 2.05) is 57.2 Å². The predicted octanol–water partition coefficient (Wildman–Crippen LogP) is 4.56. The minimum Gasteiger partial charge on any atom is -0.497 e. The third-order valence-corrected chi connectivity index (χ3v) is 5.40. The zero-order chi connectivity index (χ0) is 19.6. The Morgan fingerprint density at radius 3 is 2.70 bits per heavy atom. The highest BCUT2D eigenvalue weighted by atomic mass is 79.9. The number of rotatable bonds is 5. The Morgan fingerprint density at radius 1 is 1.26 bits per heavy atom. The second kappa shape index (κ2) is 7.80. The molecule has 1 aliphatic heterocycles. The number of hydrogen-bond acceptors (Lipinski definition) is 4. The van der Waals surface area contributed by atoms with E-state index in [0.717, 1.165) is 27.1 Å². The monoisotopic (exact) mass is 433 g/mol. The Balaban J connectivity index is 1.69. The Labute approximate surface area is 168 Å². The van der Waals surface area contributed by atoms with Crippen LogP contribution in [0, 0.1) is 6.92 Å². The molecule has 0 radical (unpaired) electrons. The van der Waals surface area contributed by atoms with Crippen molar-refractivity contribution in [2.75, 3.05) is 13.7 Å². The number of benzene rings is 2. The van der Waals surface area contributed by atoms with Crippen LogP contribution in [-0.2, 0) is 4.79 Å². The minimum atomic E-state index is -0.388. The highest BCUT2D eigenvalue weighted by Crippen LogP contribution is 2.41. The number of aryl methyl sites for hydroxylation is 1. The lowest BCUT2D eigenvalue weighted by Crippen LogP contribution is -2.42. The largest absolute Gasteiger partial charge is 0.497 e. The van der Waals surface area contributed by atoms with E-state index < -0.39 is 0 Å². The molecule has 0 aliphatic carbocycles. The summed E-state index contributed by atoms with van der Waals surface area (Å²) in [4.78, 5) is 12.5. The average molecular weight is 434 g/mol. The van der Waals surface area contributed by atoms with Crippen molar-refractivity contribution in [3.63, 3.8) is 0 Å². The molecule has 0 aromatic heterocycles. The Morgan fingerprint density at radius 2 is 2.00 bits per heavy atom. The lowest BCUT2D eigenvalue weighted by molar-refractivity contribution is -0.124. The summed E-state index contributed by atoms with van der Waals surface area (Å²) < 4.78 is 18.0. The van der Waals surface area contributed by atoms with Gasteiger partial charge in [0.15, 0.2) is 6.61 Å². The molecule has 1 N–H and O–H groups in total. The molecule has 6 heteroatoms. The lowest BCUT2D eigenvalue weighted by atomic mass is 9.89. The van der Waals surface area contributed by atoms with Crippen LogP contribution in [0.25, 0.3) is 0 Å². The number of hydrogen-bond donors (Lipinski definition) is 1. The second-order valence-corrected chi connectivity index (χ2v) is 8.14. The number of carbonyl (C=O) groups excluding carboxylic acids is 1.